The van der Waals surface area contributed by atoms with Gasteiger partial charge in [0.2, 0.25) is 0 Å². The van der Waals surface area contributed by atoms with Gasteiger partial charge < -0.3 is 0 Å². The van der Waals surface area contributed by atoms with Crippen LogP contribution in [0.2, 0.25) is 0 Å². The Labute approximate surface area is 135 Å². The molecule has 0 radical (unpaired) electrons. The monoisotopic (exact) mass is 386 g/mol. The molecule has 0 amide bonds. The van der Waals surface area contributed by atoms with Crippen LogP contribution in [0.15, 0.2) is 66.7 Å². The molecule has 0 N–H and O–H groups in total. The summed E-state index contributed by atoms with van der Waals surface area (Å²) in [4.78, 5) is 0. The van der Waals surface area contributed by atoms with Crippen LogP contribution >= 0.6 is 33.9 Å². The quantitative estimate of drug-likeness (QED) is 0.336. The van der Waals surface area contributed by atoms with E-state index in [0.717, 1.165) is 0 Å². The minimum atomic E-state index is 1.29. The van der Waals surface area contributed by atoms with E-state index in [-0.39, 0.29) is 0 Å². The van der Waals surface area contributed by atoms with Gasteiger partial charge in [-0.15, -0.1) is 11.3 Å². The van der Waals surface area contributed by atoms with Crippen LogP contribution in [0.4, 0.5) is 0 Å². The Bertz CT molecular complexity index is 907. The molecule has 4 rings (SSSR count). The molecule has 0 nitrogen and oxygen atoms in total. The van der Waals surface area contributed by atoms with Gasteiger partial charge in [0.15, 0.2) is 0 Å². The van der Waals surface area contributed by atoms with Crippen LogP contribution in [0, 0.1) is 3.57 Å². The van der Waals surface area contributed by atoms with Crippen molar-refractivity contribution in [1.29, 1.82) is 0 Å². The number of rotatable bonds is 1. The van der Waals surface area contributed by atoms with Crippen LogP contribution in [0.3, 0.4) is 0 Å². The van der Waals surface area contributed by atoms with Crippen molar-refractivity contribution in [3.8, 4) is 11.1 Å². The molecule has 3 aromatic carbocycles. The molecule has 0 bridgehead atoms. The largest absolute Gasteiger partial charge is 0.134 e. The van der Waals surface area contributed by atoms with Gasteiger partial charge in [-0.3, -0.25) is 0 Å². The van der Waals surface area contributed by atoms with E-state index in [0.29, 0.717) is 0 Å². The molecule has 2 heteroatoms. The number of hydrogen-bond donors (Lipinski definition) is 0. The fourth-order valence-electron chi connectivity index (χ4n) is 2.60. The van der Waals surface area contributed by atoms with Crippen LogP contribution in [-0.2, 0) is 0 Å². The van der Waals surface area contributed by atoms with Crippen molar-refractivity contribution in [3.63, 3.8) is 0 Å². The first-order valence-corrected chi connectivity index (χ1v) is 8.39. The zero-order valence-corrected chi connectivity index (χ0v) is 13.6. The summed E-state index contributed by atoms with van der Waals surface area (Å²) in [6.45, 7) is 0. The van der Waals surface area contributed by atoms with Gasteiger partial charge in [0.25, 0.3) is 0 Å². The van der Waals surface area contributed by atoms with Gasteiger partial charge in [0.05, 0.1) is 0 Å². The van der Waals surface area contributed by atoms with Gasteiger partial charge >= 0.3 is 0 Å². The average Bonchev–Trinajstić information content (AvgIpc) is 2.88. The van der Waals surface area contributed by atoms with E-state index in [9.17, 15) is 0 Å². The average molecular weight is 386 g/mol. The van der Waals surface area contributed by atoms with Gasteiger partial charge in [-0.1, -0.05) is 60.7 Å². The van der Waals surface area contributed by atoms with Gasteiger partial charge in [-0.2, -0.15) is 0 Å². The van der Waals surface area contributed by atoms with Crippen molar-refractivity contribution in [3.05, 3.63) is 70.3 Å². The van der Waals surface area contributed by atoms with Gasteiger partial charge in [0.1, 0.15) is 0 Å². The molecule has 0 atom stereocenters. The minimum absolute atomic E-state index is 1.29. The first-order chi connectivity index (χ1) is 9.84. The number of fused-ring (bicyclic) bond motifs is 3. The van der Waals surface area contributed by atoms with E-state index in [1.165, 1.54) is 34.9 Å². The van der Waals surface area contributed by atoms with Crippen molar-refractivity contribution < 1.29 is 0 Å². The fraction of sp³-hybridized carbons (Fsp3) is 0. The number of benzene rings is 3. The Morgan fingerprint density at radius 2 is 1.45 bits per heavy atom. The SMILES string of the molecule is Ic1c(-c2ccccc2)ccc2c1sc1ccccc12. The summed E-state index contributed by atoms with van der Waals surface area (Å²) in [6, 6.07) is 23.8. The summed E-state index contributed by atoms with van der Waals surface area (Å²) in [6.07, 6.45) is 0. The molecule has 0 spiro atoms. The Morgan fingerprint density at radius 3 is 2.30 bits per heavy atom. The Kier molecular flexibility index (Phi) is 3.00. The highest BCUT2D eigenvalue weighted by molar-refractivity contribution is 14.1. The van der Waals surface area contributed by atoms with Crippen LogP contribution in [0.1, 0.15) is 0 Å². The second kappa shape index (κ2) is 4.86. The van der Waals surface area contributed by atoms with Crippen molar-refractivity contribution >= 4 is 54.1 Å². The maximum absolute atomic E-state index is 2.49. The summed E-state index contributed by atoms with van der Waals surface area (Å²) >= 11 is 4.38. The van der Waals surface area contributed by atoms with Crippen molar-refractivity contribution in [2.24, 2.45) is 0 Å². The van der Waals surface area contributed by atoms with Crippen LogP contribution in [0.5, 0.6) is 0 Å². The van der Waals surface area contributed by atoms with Gasteiger partial charge in [0, 0.05) is 23.7 Å². The van der Waals surface area contributed by atoms with Gasteiger partial charge in [-0.05, 0) is 39.8 Å². The predicted octanol–water partition coefficient (Wildman–Crippen LogP) is 6.33. The molecule has 4 aromatic rings. The first kappa shape index (κ1) is 12.4. The lowest BCUT2D eigenvalue weighted by atomic mass is 10.0. The van der Waals surface area contributed by atoms with Gasteiger partial charge in [-0.25, -0.2) is 0 Å². The fourth-order valence-corrected chi connectivity index (χ4v) is 4.85. The first-order valence-electron chi connectivity index (χ1n) is 6.50. The third-order valence-corrected chi connectivity index (χ3v) is 6.26. The maximum Gasteiger partial charge on any atom is 0.0495 e. The third-order valence-electron chi connectivity index (χ3n) is 3.57. The van der Waals surface area contributed by atoms with Crippen molar-refractivity contribution in [1.82, 2.24) is 0 Å². The number of hydrogen-bond acceptors (Lipinski definition) is 1. The Hall–Kier alpha value is -1.39. The highest BCUT2D eigenvalue weighted by Crippen LogP contribution is 2.40. The van der Waals surface area contributed by atoms with Crippen LogP contribution in [-0.4, -0.2) is 0 Å². The standard InChI is InChI=1S/C18H11IS/c19-17-13(12-6-2-1-3-7-12)10-11-15-14-8-4-5-9-16(14)20-18(15)17/h1-11H. The number of thiophene rings is 1. The molecule has 1 heterocycles. The predicted molar refractivity (Wildman–Crippen MR) is 97.5 cm³/mol. The second-order valence-corrected chi connectivity index (χ2v) is 6.90. The molecule has 0 saturated heterocycles. The highest BCUT2D eigenvalue weighted by atomic mass is 127. The zero-order chi connectivity index (χ0) is 13.5. The van der Waals surface area contributed by atoms with E-state index in [1.807, 2.05) is 11.3 Å². The zero-order valence-electron chi connectivity index (χ0n) is 10.6. The maximum atomic E-state index is 2.49. The molecule has 0 saturated carbocycles. The molecule has 0 unspecified atom stereocenters. The smallest absolute Gasteiger partial charge is 0.0495 e. The molecule has 0 aliphatic rings. The lowest BCUT2D eigenvalue weighted by molar-refractivity contribution is 1.64. The summed E-state index contributed by atoms with van der Waals surface area (Å²) in [7, 11) is 0. The summed E-state index contributed by atoms with van der Waals surface area (Å²) < 4.78 is 4.12. The molecule has 1 aromatic heterocycles. The van der Waals surface area contributed by atoms with E-state index in [1.54, 1.807) is 0 Å². The van der Waals surface area contributed by atoms with Crippen LogP contribution < -0.4 is 0 Å². The number of halogens is 1. The molecule has 0 fully saturated rings. The minimum Gasteiger partial charge on any atom is -0.134 e. The van der Waals surface area contributed by atoms with E-state index in [4.69, 9.17) is 0 Å². The van der Waals surface area contributed by atoms with E-state index >= 15 is 0 Å². The van der Waals surface area contributed by atoms with E-state index < -0.39 is 0 Å². The lowest BCUT2D eigenvalue weighted by Gasteiger charge is -2.05. The normalized spacial score (nSPS) is 11.2. The molecule has 0 aliphatic carbocycles. The van der Waals surface area contributed by atoms with Crippen molar-refractivity contribution in [2.45, 2.75) is 0 Å². The molecular weight excluding hydrogens is 375 g/mol. The Balaban J connectivity index is 2.07. The second-order valence-electron chi connectivity index (χ2n) is 4.77. The highest BCUT2D eigenvalue weighted by Gasteiger charge is 2.11. The topological polar surface area (TPSA) is 0 Å². The summed E-state index contributed by atoms with van der Waals surface area (Å²) in [5.74, 6) is 0. The van der Waals surface area contributed by atoms with Crippen LogP contribution in [0.25, 0.3) is 31.3 Å². The molecule has 0 aliphatic heterocycles. The van der Waals surface area contributed by atoms with Crippen molar-refractivity contribution in [2.75, 3.05) is 0 Å². The molecule has 96 valence electrons. The lowest BCUT2D eigenvalue weighted by Crippen LogP contribution is -1.82. The van der Waals surface area contributed by atoms with E-state index in [2.05, 4.69) is 89.3 Å². The Morgan fingerprint density at radius 1 is 0.700 bits per heavy atom. The summed E-state index contributed by atoms with van der Waals surface area (Å²) in [5.41, 5.74) is 2.61. The molecular formula is C18H11IS. The summed E-state index contributed by atoms with van der Waals surface area (Å²) in [5, 5.41) is 2.74. The molecule has 20 heavy (non-hydrogen) atoms. The third kappa shape index (κ3) is 1.86.